The molecule has 0 spiro atoms. The van der Waals surface area contributed by atoms with Gasteiger partial charge >= 0.3 is 6.03 Å². The molecule has 1 aliphatic rings. The molecule has 0 saturated carbocycles. The molecular formula is C22H17ClN2O3. The third kappa shape index (κ3) is 2.94. The van der Waals surface area contributed by atoms with Crippen LogP contribution in [0.25, 0.3) is 10.8 Å². The van der Waals surface area contributed by atoms with E-state index in [1.165, 1.54) is 0 Å². The van der Waals surface area contributed by atoms with Gasteiger partial charge in [0.15, 0.2) is 5.78 Å². The number of ketones is 1. The number of halogens is 1. The Hall–Kier alpha value is -3.18. The maximum atomic E-state index is 13.2. The average Bonchev–Trinajstić information content (AvgIpc) is 2.92. The van der Waals surface area contributed by atoms with Crippen molar-refractivity contribution in [1.29, 1.82) is 0 Å². The third-order valence-electron chi connectivity index (χ3n) is 5.07. The van der Waals surface area contributed by atoms with E-state index >= 15 is 0 Å². The second kappa shape index (κ2) is 6.77. The molecule has 4 rings (SSSR count). The van der Waals surface area contributed by atoms with E-state index < -0.39 is 17.5 Å². The Morgan fingerprint density at radius 1 is 1.00 bits per heavy atom. The Morgan fingerprint density at radius 3 is 2.43 bits per heavy atom. The summed E-state index contributed by atoms with van der Waals surface area (Å²) >= 11 is 5.85. The van der Waals surface area contributed by atoms with Crippen LogP contribution in [0.15, 0.2) is 66.7 Å². The Kier molecular flexibility index (Phi) is 4.40. The molecular weight excluding hydrogens is 376 g/mol. The molecule has 28 heavy (non-hydrogen) atoms. The minimum atomic E-state index is -1.24. The number of fused-ring (bicyclic) bond motifs is 1. The lowest BCUT2D eigenvalue weighted by Crippen LogP contribution is -2.41. The van der Waals surface area contributed by atoms with Crippen LogP contribution in [0, 0.1) is 0 Å². The van der Waals surface area contributed by atoms with E-state index in [0.717, 1.165) is 15.7 Å². The summed E-state index contributed by atoms with van der Waals surface area (Å²) < 4.78 is 0. The number of nitrogens with zero attached hydrogens (tertiary/aromatic N) is 1. The van der Waals surface area contributed by atoms with Gasteiger partial charge < -0.3 is 5.32 Å². The highest BCUT2D eigenvalue weighted by Crippen LogP contribution is 2.33. The summed E-state index contributed by atoms with van der Waals surface area (Å²) in [6.45, 7) is 1.34. The van der Waals surface area contributed by atoms with Crippen LogP contribution in [-0.4, -0.2) is 29.2 Å². The first kappa shape index (κ1) is 18.2. The van der Waals surface area contributed by atoms with Gasteiger partial charge in [0.1, 0.15) is 5.54 Å². The first-order valence-corrected chi connectivity index (χ1v) is 9.19. The molecule has 1 fully saturated rings. The number of urea groups is 1. The van der Waals surface area contributed by atoms with Crippen LogP contribution in [0.4, 0.5) is 4.79 Å². The minimum Gasteiger partial charge on any atom is -0.319 e. The highest BCUT2D eigenvalue weighted by Gasteiger charge is 2.50. The summed E-state index contributed by atoms with van der Waals surface area (Å²) in [7, 11) is 0. The van der Waals surface area contributed by atoms with Gasteiger partial charge in [0.2, 0.25) is 0 Å². The molecule has 1 atom stereocenters. The number of hydrogen-bond acceptors (Lipinski definition) is 3. The largest absolute Gasteiger partial charge is 0.325 e. The van der Waals surface area contributed by atoms with E-state index in [-0.39, 0.29) is 12.3 Å². The van der Waals surface area contributed by atoms with Crippen LogP contribution in [0.2, 0.25) is 5.02 Å². The second-order valence-corrected chi connectivity index (χ2v) is 7.34. The number of benzene rings is 3. The van der Waals surface area contributed by atoms with E-state index in [1.54, 1.807) is 31.2 Å². The fourth-order valence-corrected chi connectivity index (χ4v) is 3.68. The fraction of sp³-hybridized carbons (Fsp3) is 0.136. The van der Waals surface area contributed by atoms with Crippen molar-refractivity contribution >= 4 is 40.1 Å². The summed E-state index contributed by atoms with van der Waals surface area (Å²) in [6.07, 6.45) is 0. The SMILES string of the molecule is CC1(c2cccc3ccccc23)NC(=O)N(CC(=O)c2ccc(Cl)cc2)C1=O. The molecule has 1 heterocycles. The monoisotopic (exact) mass is 392 g/mol. The number of carbonyl (C=O) groups is 3. The number of imide groups is 1. The smallest absolute Gasteiger partial charge is 0.319 e. The number of nitrogens with one attached hydrogen (secondary N) is 1. The second-order valence-electron chi connectivity index (χ2n) is 6.90. The van der Waals surface area contributed by atoms with Gasteiger partial charge in [-0.25, -0.2) is 4.79 Å². The Bertz CT molecular complexity index is 1100. The molecule has 1 aliphatic heterocycles. The van der Waals surface area contributed by atoms with Crippen LogP contribution >= 0.6 is 11.6 Å². The minimum absolute atomic E-state index is 0.327. The van der Waals surface area contributed by atoms with Gasteiger partial charge in [0.25, 0.3) is 5.91 Å². The molecule has 1 unspecified atom stereocenters. The molecule has 3 amide bonds. The molecule has 0 bridgehead atoms. The van der Waals surface area contributed by atoms with Crippen LogP contribution in [-0.2, 0) is 10.3 Å². The summed E-state index contributed by atoms with van der Waals surface area (Å²) in [5.41, 5.74) is -0.146. The molecule has 0 aliphatic carbocycles. The average molecular weight is 393 g/mol. The maximum Gasteiger partial charge on any atom is 0.325 e. The highest BCUT2D eigenvalue weighted by molar-refractivity contribution is 6.30. The molecule has 1 N–H and O–H groups in total. The van der Waals surface area contributed by atoms with Crippen molar-refractivity contribution in [3.63, 3.8) is 0 Å². The first-order chi connectivity index (χ1) is 13.4. The predicted molar refractivity (Wildman–Crippen MR) is 107 cm³/mol. The molecule has 1 saturated heterocycles. The number of hydrogen-bond donors (Lipinski definition) is 1. The van der Waals surface area contributed by atoms with Crippen molar-refractivity contribution in [2.24, 2.45) is 0 Å². The van der Waals surface area contributed by atoms with Gasteiger partial charge in [-0.3, -0.25) is 14.5 Å². The predicted octanol–water partition coefficient (Wildman–Crippen LogP) is 4.14. The zero-order valence-corrected chi connectivity index (χ0v) is 15.9. The Balaban J connectivity index is 1.66. The lowest BCUT2D eigenvalue weighted by Gasteiger charge is -2.24. The van der Waals surface area contributed by atoms with Gasteiger partial charge in [0.05, 0.1) is 6.54 Å². The summed E-state index contributed by atoms with van der Waals surface area (Å²) in [5, 5.41) is 5.13. The maximum absolute atomic E-state index is 13.2. The molecule has 3 aromatic carbocycles. The zero-order chi connectivity index (χ0) is 19.9. The Labute approximate surface area is 166 Å². The lowest BCUT2D eigenvalue weighted by atomic mass is 9.88. The van der Waals surface area contributed by atoms with Crippen molar-refractivity contribution in [1.82, 2.24) is 10.2 Å². The zero-order valence-electron chi connectivity index (χ0n) is 15.1. The van der Waals surface area contributed by atoms with Crippen molar-refractivity contribution in [3.8, 4) is 0 Å². The summed E-state index contributed by atoms with van der Waals surface area (Å²) in [5.74, 6) is -0.779. The van der Waals surface area contributed by atoms with E-state index in [1.807, 2.05) is 42.5 Å². The quantitative estimate of drug-likeness (QED) is 0.536. The van der Waals surface area contributed by atoms with Gasteiger partial charge in [-0.1, -0.05) is 54.1 Å². The van der Waals surface area contributed by atoms with Gasteiger partial charge in [0, 0.05) is 10.6 Å². The standard InChI is InChI=1S/C22H17ClN2O3/c1-22(18-8-4-6-14-5-2-3-7-17(14)18)20(27)25(21(28)24-22)13-19(26)15-9-11-16(23)12-10-15/h2-12H,13H2,1H3,(H,24,28). The van der Waals surface area contributed by atoms with Gasteiger partial charge in [-0.2, -0.15) is 0 Å². The Morgan fingerprint density at radius 2 is 1.68 bits per heavy atom. The van der Waals surface area contributed by atoms with E-state index in [2.05, 4.69) is 5.32 Å². The van der Waals surface area contributed by atoms with Gasteiger partial charge in [-0.05, 0) is 47.5 Å². The van der Waals surface area contributed by atoms with E-state index in [4.69, 9.17) is 11.6 Å². The molecule has 5 nitrogen and oxygen atoms in total. The number of Topliss-reactive ketones (excluding diaryl/α,β-unsaturated/α-hetero) is 1. The molecule has 6 heteroatoms. The third-order valence-corrected chi connectivity index (χ3v) is 5.32. The van der Waals surface area contributed by atoms with Crippen molar-refractivity contribution < 1.29 is 14.4 Å². The van der Waals surface area contributed by atoms with Crippen LogP contribution < -0.4 is 5.32 Å². The topological polar surface area (TPSA) is 66.5 Å². The van der Waals surface area contributed by atoms with Crippen molar-refractivity contribution in [3.05, 3.63) is 82.9 Å². The molecule has 3 aromatic rings. The number of amides is 3. The highest BCUT2D eigenvalue weighted by atomic mass is 35.5. The van der Waals surface area contributed by atoms with Crippen LogP contribution in [0.5, 0.6) is 0 Å². The van der Waals surface area contributed by atoms with Crippen LogP contribution in [0.1, 0.15) is 22.8 Å². The van der Waals surface area contributed by atoms with Crippen LogP contribution in [0.3, 0.4) is 0 Å². The first-order valence-electron chi connectivity index (χ1n) is 8.81. The number of carbonyl (C=O) groups excluding carboxylic acids is 3. The lowest BCUT2D eigenvalue weighted by molar-refractivity contribution is -0.130. The van der Waals surface area contributed by atoms with Crippen molar-refractivity contribution in [2.45, 2.75) is 12.5 Å². The van der Waals surface area contributed by atoms with E-state index in [0.29, 0.717) is 16.1 Å². The van der Waals surface area contributed by atoms with Crippen molar-refractivity contribution in [2.75, 3.05) is 6.54 Å². The molecule has 0 radical (unpaired) electrons. The molecule has 0 aromatic heterocycles. The fourth-order valence-electron chi connectivity index (χ4n) is 3.56. The van der Waals surface area contributed by atoms with E-state index in [9.17, 15) is 14.4 Å². The summed E-state index contributed by atoms with van der Waals surface area (Å²) in [6, 6.07) is 19.1. The molecule has 140 valence electrons. The van der Waals surface area contributed by atoms with Gasteiger partial charge in [-0.15, -0.1) is 0 Å². The number of rotatable bonds is 4. The normalized spacial score (nSPS) is 19.1. The summed E-state index contributed by atoms with van der Waals surface area (Å²) in [4.78, 5) is 39.2.